The van der Waals surface area contributed by atoms with Crippen LogP contribution in [-0.4, -0.2) is 64.3 Å². The lowest BCUT2D eigenvalue weighted by atomic mass is 10.1. The number of piperazine rings is 1. The van der Waals surface area contributed by atoms with Crippen LogP contribution in [-0.2, 0) is 23.5 Å². The van der Waals surface area contributed by atoms with Crippen LogP contribution in [0.3, 0.4) is 0 Å². The van der Waals surface area contributed by atoms with Gasteiger partial charge in [-0.1, -0.05) is 32.5 Å². The summed E-state index contributed by atoms with van der Waals surface area (Å²) in [6.45, 7) is 9.44. The van der Waals surface area contributed by atoms with Crippen molar-refractivity contribution in [2.75, 3.05) is 19.7 Å². The number of hydrogen-bond donors (Lipinski definition) is 2. The average molecular weight is 519 g/mol. The molecule has 0 unspecified atom stereocenters. The molecule has 4 rings (SSSR count). The lowest BCUT2D eigenvalue weighted by Gasteiger charge is -2.35. The van der Waals surface area contributed by atoms with E-state index in [9.17, 15) is 8.42 Å². The third-order valence-corrected chi connectivity index (χ3v) is 8.21. The van der Waals surface area contributed by atoms with Gasteiger partial charge in [0.25, 0.3) is 0 Å². The molecule has 1 aromatic carbocycles. The zero-order valence-corrected chi connectivity index (χ0v) is 22.6. The number of benzene rings is 1. The Morgan fingerprint density at radius 3 is 2.54 bits per heavy atom. The van der Waals surface area contributed by atoms with E-state index in [1.165, 1.54) is 0 Å². The van der Waals surface area contributed by atoms with E-state index in [2.05, 4.69) is 27.3 Å². The molecular formula is C24H34N6O3S2. The summed E-state index contributed by atoms with van der Waals surface area (Å²) in [5.41, 5.74) is 3.05. The molecule has 3 heterocycles. The van der Waals surface area contributed by atoms with Crippen molar-refractivity contribution in [1.29, 1.82) is 0 Å². The quantitative estimate of drug-likeness (QED) is 0.437. The maximum atomic E-state index is 13.6. The van der Waals surface area contributed by atoms with Gasteiger partial charge in [0.05, 0.1) is 28.3 Å². The first kappa shape index (κ1) is 25.7. The van der Waals surface area contributed by atoms with E-state index >= 15 is 0 Å². The molecule has 35 heavy (non-hydrogen) atoms. The van der Waals surface area contributed by atoms with Crippen LogP contribution in [0.15, 0.2) is 23.1 Å². The summed E-state index contributed by atoms with van der Waals surface area (Å²) >= 11 is 5.63. The molecule has 190 valence electrons. The normalized spacial score (nSPS) is 19.3. The van der Waals surface area contributed by atoms with E-state index in [1.807, 2.05) is 27.8 Å². The number of rotatable bonds is 8. The zero-order valence-electron chi connectivity index (χ0n) is 21.0. The van der Waals surface area contributed by atoms with Gasteiger partial charge < -0.3 is 15.0 Å². The molecule has 9 nitrogen and oxygen atoms in total. The molecule has 1 saturated heterocycles. The van der Waals surface area contributed by atoms with Gasteiger partial charge in [-0.05, 0) is 44.9 Å². The molecule has 2 atom stereocenters. The number of fused-ring (bicyclic) bond motifs is 1. The lowest BCUT2D eigenvalue weighted by Crippen LogP contribution is -2.55. The Morgan fingerprint density at radius 1 is 1.17 bits per heavy atom. The van der Waals surface area contributed by atoms with Crippen LogP contribution in [0.1, 0.15) is 46.2 Å². The van der Waals surface area contributed by atoms with E-state index in [0.717, 1.165) is 36.0 Å². The SMILES string of the molecule is CCCOc1ccc(S(=O)(=O)N2C[C@@H](C)N[C@@H](C)C2)cc1-c1nc(=S)c2c([nH]1)c(CCC)nn2C. The van der Waals surface area contributed by atoms with Crippen LogP contribution in [0.5, 0.6) is 5.75 Å². The first-order valence-electron chi connectivity index (χ1n) is 12.1. The molecule has 0 radical (unpaired) electrons. The highest BCUT2D eigenvalue weighted by Gasteiger charge is 2.32. The van der Waals surface area contributed by atoms with Crippen molar-refractivity contribution in [2.24, 2.45) is 7.05 Å². The first-order chi connectivity index (χ1) is 16.6. The van der Waals surface area contributed by atoms with Gasteiger partial charge in [-0.3, -0.25) is 4.68 Å². The highest BCUT2D eigenvalue weighted by Crippen LogP contribution is 2.33. The maximum absolute atomic E-state index is 13.6. The molecule has 0 amide bonds. The summed E-state index contributed by atoms with van der Waals surface area (Å²) in [7, 11) is -1.86. The minimum Gasteiger partial charge on any atom is -0.493 e. The molecule has 1 aliphatic heterocycles. The Morgan fingerprint density at radius 2 is 1.89 bits per heavy atom. The highest BCUT2D eigenvalue weighted by molar-refractivity contribution is 7.89. The molecular weight excluding hydrogens is 484 g/mol. The third-order valence-electron chi connectivity index (χ3n) is 6.10. The van der Waals surface area contributed by atoms with Gasteiger partial charge in [-0.15, -0.1) is 0 Å². The van der Waals surface area contributed by atoms with Crippen LogP contribution in [0.4, 0.5) is 0 Å². The Balaban J connectivity index is 1.86. The molecule has 1 fully saturated rings. The van der Waals surface area contributed by atoms with Crippen molar-refractivity contribution in [2.45, 2.75) is 63.9 Å². The molecule has 0 bridgehead atoms. The molecule has 2 aromatic heterocycles. The fraction of sp³-hybridized carbons (Fsp3) is 0.542. The maximum Gasteiger partial charge on any atom is 0.243 e. The summed E-state index contributed by atoms with van der Waals surface area (Å²) in [5, 5.41) is 8.00. The number of aromatic nitrogens is 4. The van der Waals surface area contributed by atoms with E-state index in [-0.39, 0.29) is 17.0 Å². The summed E-state index contributed by atoms with van der Waals surface area (Å²) in [4.78, 5) is 8.23. The largest absolute Gasteiger partial charge is 0.493 e. The summed E-state index contributed by atoms with van der Waals surface area (Å²) in [5.74, 6) is 1.03. The van der Waals surface area contributed by atoms with Crippen molar-refractivity contribution < 1.29 is 13.2 Å². The summed E-state index contributed by atoms with van der Waals surface area (Å²) in [6.07, 6.45) is 2.55. The second kappa shape index (κ2) is 10.3. The number of hydrogen-bond acceptors (Lipinski definition) is 7. The van der Waals surface area contributed by atoms with Crippen LogP contribution in [0.2, 0.25) is 0 Å². The lowest BCUT2D eigenvalue weighted by molar-refractivity contribution is 0.263. The molecule has 0 spiro atoms. The van der Waals surface area contributed by atoms with Gasteiger partial charge >= 0.3 is 0 Å². The van der Waals surface area contributed by atoms with Gasteiger partial charge in [0.1, 0.15) is 17.1 Å². The predicted molar refractivity (Wildman–Crippen MR) is 140 cm³/mol. The zero-order chi connectivity index (χ0) is 25.3. The van der Waals surface area contributed by atoms with E-state index in [0.29, 0.717) is 41.5 Å². The fourth-order valence-electron chi connectivity index (χ4n) is 4.61. The minimum absolute atomic E-state index is 0.0721. The van der Waals surface area contributed by atoms with E-state index in [4.69, 9.17) is 17.0 Å². The molecule has 1 aliphatic rings. The highest BCUT2D eigenvalue weighted by atomic mass is 32.2. The summed E-state index contributed by atoms with van der Waals surface area (Å²) in [6, 6.07) is 5.12. The van der Waals surface area contributed by atoms with Crippen molar-refractivity contribution in [1.82, 2.24) is 29.4 Å². The Labute approximate surface area is 211 Å². The number of sulfonamides is 1. The number of aryl methyl sites for hydroxylation is 2. The fourth-order valence-corrected chi connectivity index (χ4v) is 6.58. The van der Waals surface area contributed by atoms with Gasteiger partial charge in [-0.25, -0.2) is 13.4 Å². The van der Waals surface area contributed by atoms with Crippen molar-refractivity contribution in [3.63, 3.8) is 0 Å². The second-order valence-electron chi connectivity index (χ2n) is 9.23. The number of ether oxygens (including phenoxy) is 1. The van der Waals surface area contributed by atoms with E-state index < -0.39 is 10.0 Å². The summed E-state index contributed by atoms with van der Waals surface area (Å²) < 4.78 is 36.9. The number of nitrogens with one attached hydrogen (secondary N) is 2. The molecule has 0 saturated carbocycles. The first-order valence-corrected chi connectivity index (χ1v) is 14.0. The average Bonchev–Trinajstić information content (AvgIpc) is 3.12. The van der Waals surface area contributed by atoms with Crippen LogP contribution in [0, 0.1) is 4.64 Å². The van der Waals surface area contributed by atoms with Crippen LogP contribution in [0.25, 0.3) is 22.4 Å². The standard InChI is InChI=1S/C24H34N6O3S2/c1-6-8-19-21-22(29(5)28-19)24(34)27-23(26-21)18-12-17(9-10-20(18)33-11-7-2)35(31,32)30-13-15(3)25-16(4)14-30/h9-10,12,15-16,25H,6-8,11,13-14H2,1-5H3,(H,26,27,34)/t15-,16+. The van der Waals surface area contributed by atoms with Crippen LogP contribution < -0.4 is 10.1 Å². The van der Waals surface area contributed by atoms with Gasteiger partial charge in [0, 0.05) is 32.2 Å². The van der Waals surface area contributed by atoms with Crippen molar-refractivity contribution in [3.8, 4) is 17.1 Å². The Hall–Kier alpha value is -2.34. The molecule has 11 heteroatoms. The third kappa shape index (κ3) is 5.13. The number of aromatic amines is 1. The molecule has 2 N–H and O–H groups in total. The van der Waals surface area contributed by atoms with Gasteiger partial charge in [-0.2, -0.15) is 9.40 Å². The molecule has 3 aromatic rings. The van der Waals surface area contributed by atoms with Gasteiger partial charge in [0.15, 0.2) is 4.64 Å². The topological polar surface area (TPSA) is 105 Å². The van der Waals surface area contributed by atoms with Gasteiger partial charge in [0.2, 0.25) is 10.0 Å². The predicted octanol–water partition coefficient (Wildman–Crippen LogP) is 3.81. The van der Waals surface area contributed by atoms with E-state index in [1.54, 1.807) is 27.2 Å². The molecule has 0 aliphatic carbocycles. The second-order valence-corrected chi connectivity index (χ2v) is 11.6. The smallest absolute Gasteiger partial charge is 0.243 e. The van der Waals surface area contributed by atoms with Crippen molar-refractivity contribution >= 4 is 33.3 Å². The monoisotopic (exact) mass is 518 g/mol. The van der Waals surface area contributed by atoms with Crippen molar-refractivity contribution in [3.05, 3.63) is 28.5 Å². The Kier molecular flexibility index (Phi) is 7.60. The Bertz CT molecular complexity index is 1370. The number of nitrogens with zero attached hydrogens (tertiary/aromatic N) is 4. The number of H-pyrrole nitrogens is 1. The van der Waals surface area contributed by atoms with Crippen LogP contribution >= 0.6 is 12.2 Å². The minimum atomic E-state index is -3.71.